The average Bonchev–Trinajstić information content (AvgIpc) is 2.77. The first-order valence-corrected chi connectivity index (χ1v) is 6.02. The van der Waals surface area contributed by atoms with E-state index in [9.17, 15) is 13.2 Å². The molecule has 0 saturated carbocycles. The molecular weight excluding hydrogens is 253 g/mol. The van der Waals surface area contributed by atoms with Crippen LogP contribution in [0.5, 0.6) is 0 Å². The van der Waals surface area contributed by atoms with E-state index in [0.717, 1.165) is 11.1 Å². The molecule has 0 spiro atoms. The van der Waals surface area contributed by atoms with Crippen molar-refractivity contribution in [3.63, 3.8) is 0 Å². The third-order valence-electron chi connectivity index (χ3n) is 3.13. The first-order valence-electron chi connectivity index (χ1n) is 6.02. The van der Waals surface area contributed by atoms with Crippen LogP contribution in [0.1, 0.15) is 36.6 Å². The predicted octanol–water partition coefficient (Wildman–Crippen LogP) is 4.53. The van der Waals surface area contributed by atoms with Gasteiger partial charge in [0.2, 0.25) is 0 Å². The second kappa shape index (κ2) is 4.72. The van der Waals surface area contributed by atoms with Crippen molar-refractivity contribution >= 4 is 0 Å². The van der Waals surface area contributed by atoms with Crippen LogP contribution in [0.2, 0.25) is 0 Å². The molecule has 0 aliphatic rings. The van der Waals surface area contributed by atoms with Gasteiger partial charge in [-0.3, -0.25) is 5.10 Å². The molecule has 1 heterocycles. The van der Waals surface area contributed by atoms with Gasteiger partial charge in [0.25, 0.3) is 0 Å². The number of hydrogen-bond acceptors (Lipinski definition) is 1. The fraction of sp³-hybridized carbons (Fsp3) is 0.357. The van der Waals surface area contributed by atoms with Crippen LogP contribution in [-0.4, -0.2) is 10.2 Å². The van der Waals surface area contributed by atoms with E-state index in [1.807, 2.05) is 38.0 Å². The van der Waals surface area contributed by atoms with Crippen molar-refractivity contribution < 1.29 is 13.2 Å². The zero-order chi connectivity index (χ0) is 14.2. The van der Waals surface area contributed by atoms with Crippen molar-refractivity contribution in [2.45, 2.75) is 32.9 Å². The molecule has 0 unspecified atom stereocenters. The number of nitrogens with one attached hydrogen (secondary N) is 1. The largest absolute Gasteiger partial charge is 0.433 e. The summed E-state index contributed by atoms with van der Waals surface area (Å²) in [6, 6.07) is 5.51. The number of rotatable bonds is 2. The van der Waals surface area contributed by atoms with Gasteiger partial charge in [-0.05, 0) is 29.5 Å². The highest BCUT2D eigenvalue weighted by Gasteiger charge is 2.36. The molecule has 0 fully saturated rings. The van der Waals surface area contributed by atoms with Gasteiger partial charge in [-0.1, -0.05) is 32.0 Å². The quantitative estimate of drug-likeness (QED) is 0.851. The van der Waals surface area contributed by atoms with Crippen molar-refractivity contribution in [2.75, 3.05) is 0 Å². The Balaban J connectivity index is 2.52. The van der Waals surface area contributed by atoms with Crippen LogP contribution in [0.15, 0.2) is 24.4 Å². The average molecular weight is 268 g/mol. The summed E-state index contributed by atoms with van der Waals surface area (Å²) in [6.45, 7) is 5.91. The molecule has 102 valence electrons. The van der Waals surface area contributed by atoms with Crippen molar-refractivity contribution in [3.8, 4) is 11.1 Å². The van der Waals surface area contributed by atoms with E-state index < -0.39 is 11.9 Å². The second-order valence-corrected chi connectivity index (χ2v) is 4.89. The number of alkyl halides is 3. The number of aromatic nitrogens is 2. The highest BCUT2D eigenvalue weighted by atomic mass is 19.4. The maximum absolute atomic E-state index is 12.8. The lowest BCUT2D eigenvalue weighted by Crippen LogP contribution is -2.07. The van der Waals surface area contributed by atoms with Crippen LogP contribution in [0, 0.1) is 6.92 Å². The number of aromatic amines is 1. The minimum Gasteiger partial charge on any atom is -0.273 e. The van der Waals surface area contributed by atoms with Gasteiger partial charge in [0, 0.05) is 5.56 Å². The van der Waals surface area contributed by atoms with Crippen LogP contribution in [0.4, 0.5) is 13.2 Å². The number of hydrogen-bond donors (Lipinski definition) is 1. The van der Waals surface area contributed by atoms with Gasteiger partial charge in [0.1, 0.15) is 5.69 Å². The zero-order valence-electron chi connectivity index (χ0n) is 11.0. The summed E-state index contributed by atoms with van der Waals surface area (Å²) in [6.07, 6.45) is -3.20. The fourth-order valence-electron chi connectivity index (χ4n) is 2.05. The molecule has 1 aromatic heterocycles. The van der Waals surface area contributed by atoms with E-state index >= 15 is 0 Å². The van der Waals surface area contributed by atoms with Gasteiger partial charge in [-0.2, -0.15) is 18.3 Å². The number of halogens is 3. The topological polar surface area (TPSA) is 28.7 Å². The molecule has 0 aliphatic carbocycles. The monoisotopic (exact) mass is 268 g/mol. The molecule has 1 N–H and O–H groups in total. The Bertz CT molecular complexity index is 583. The molecule has 0 atom stereocenters. The highest BCUT2D eigenvalue weighted by Crippen LogP contribution is 2.37. The van der Waals surface area contributed by atoms with Gasteiger partial charge in [-0.15, -0.1) is 0 Å². The zero-order valence-corrected chi connectivity index (χ0v) is 11.0. The minimum absolute atomic E-state index is 0.0975. The molecule has 5 heteroatoms. The van der Waals surface area contributed by atoms with E-state index in [2.05, 4.69) is 5.10 Å². The van der Waals surface area contributed by atoms with Crippen molar-refractivity contribution in [3.05, 3.63) is 41.2 Å². The summed E-state index contributed by atoms with van der Waals surface area (Å²) in [5.41, 5.74) is 1.79. The maximum atomic E-state index is 12.8. The number of benzene rings is 1. The molecule has 0 saturated heterocycles. The summed E-state index contributed by atoms with van der Waals surface area (Å²) in [7, 11) is 0. The van der Waals surface area contributed by atoms with Gasteiger partial charge in [-0.25, -0.2) is 0 Å². The van der Waals surface area contributed by atoms with Gasteiger partial charge in [0.05, 0.1) is 6.20 Å². The van der Waals surface area contributed by atoms with Crippen LogP contribution in [0.3, 0.4) is 0 Å². The van der Waals surface area contributed by atoms with Crippen molar-refractivity contribution in [1.82, 2.24) is 10.2 Å². The van der Waals surface area contributed by atoms with E-state index in [1.165, 1.54) is 6.20 Å². The van der Waals surface area contributed by atoms with E-state index in [4.69, 9.17) is 0 Å². The third-order valence-corrected chi connectivity index (χ3v) is 3.13. The highest BCUT2D eigenvalue weighted by molar-refractivity contribution is 5.69. The number of aryl methyl sites for hydroxylation is 1. The molecule has 0 amide bonds. The molecule has 2 nitrogen and oxygen atoms in total. The van der Waals surface area contributed by atoms with Crippen molar-refractivity contribution in [1.29, 1.82) is 0 Å². The molecule has 1 aromatic carbocycles. The Labute approximate surface area is 109 Å². The Hall–Kier alpha value is -1.78. The Morgan fingerprint density at radius 3 is 2.37 bits per heavy atom. The third kappa shape index (κ3) is 2.64. The Morgan fingerprint density at radius 2 is 1.84 bits per heavy atom. The SMILES string of the molecule is Cc1cc(C(C)C)ccc1-c1cn[nH]c1C(F)(F)F. The number of H-pyrrole nitrogens is 1. The maximum Gasteiger partial charge on any atom is 0.433 e. The summed E-state index contributed by atoms with van der Waals surface area (Å²) >= 11 is 0. The normalized spacial score (nSPS) is 12.2. The fourth-order valence-corrected chi connectivity index (χ4v) is 2.05. The molecule has 0 bridgehead atoms. The second-order valence-electron chi connectivity index (χ2n) is 4.89. The first-order chi connectivity index (χ1) is 8.80. The molecule has 0 aliphatic heterocycles. The molecule has 19 heavy (non-hydrogen) atoms. The van der Waals surface area contributed by atoms with E-state index in [0.29, 0.717) is 11.5 Å². The lowest BCUT2D eigenvalue weighted by atomic mass is 9.94. The van der Waals surface area contributed by atoms with Crippen LogP contribution >= 0.6 is 0 Å². The smallest absolute Gasteiger partial charge is 0.273 e. The molecular formula is C14H15F3N2. The van der Waals surface area contributed by atoms with Crippen LogP contribution in [-0.2, 0) is 6.18 Å². The first kappa shape index (κ1) is 13.6. The molecule has 2 aromatic rings. The molecule has 2 rings (SSSR count). The van der Waals surface area contributed by atoms with Gasteiger partial charge in [0.15, 0.2) is 0 Å². The van der Waals surface area contributed by atoms with Gasteiger partial charge >= 0.3 is 6.18 Å². The molecule has 0 radical (unpaired) electrons. The van der Waals surface area contributed by atoms with Crippen LogP contribution in [0.25, 0.3) is 11.1 Å². The Morgan fingerprint density at radius 1 is 1.16 bits per heavy atom. The van der Waals surface area contributed by atoms with Gasteiger partial charge < -0.3 is 0 Å². The lowest BCUT2D eigenvalue weighted by Gasteiger charge is -2.12. The number of nitrogens with zero attached hydrogens (tertiary/aromatic N) is 1. The summed E-state index contributed by atoms with van der Waals surface area (Å²) in [4.78, 5) is 0. The van der Waals surface area contributed by atoms with E-state index in [-0.39, 0.29) is 5.56 Å². The predicted molar refractivity (Wildman–Crippen MR) is 67.9 cm³/mol. The summed E-state index contributed by atoms with van der Waals surface area (Å²) in [5, 5.41) is 5.55. The van der Waals surface area contributed by atoms with E-state index in [1.54, 1.807) is 6.07 Å². The standard InChI is InChI=1S/C14H15F3N2/c1-8(2)10-4-5-11(9(3)6-10)12-7-18-19-13(12)14(15,16)17/h4-8H,1-3H3,(H,18,19). The minimum atomic E-state index is -4.42. The lowest BCUT2D eigenvalue weighted by molar-refractivity contribution is -0.140. The van der Waals surface area contributed by atoms with Crippen LogP contribution < -0.4 is 0 Å². The van der Waals surface area contributed by atoms with Crippen molar-refractivity contribution in [2.24, 2.45) is 0 Å². The summed E-state index contributed by atoms with van der Waals surface area (Å²) in [5.74, 6) is 0.346. The summed E-state index contributed by atoms with van der Waals surface area (Å²) < 4.78 is 38.5. The Kier molecular flexibility index (Phi) is 3.39.